The Bertz CT molecular complexity index is 1650. The van der Waals surface area contributed by atoms with E-state index in [0.29, 0.717) is 31.5 Å². The van der Waals surface area contributed by atoms with E-state index in [-0.39, 0.29) is 69.2 Å². The Morgan fingerprint density at radius 3 is 2.41 bits per heavy atom. The molecular weight excluding hydrogens is 652 g/mol. The molecule has 4 rings (SSSR count). The predicted octanol–water partition coefficient (Wildman–Crippen LogP) is 1.39. The molecule has 2 aliphatic rings. The Hall–Kier alpha value is -4.50. The van der Waals surface area contributed by atoms with E-state index in [2.05, 4.69) is 20.6 Å². The highest BCUT2D eigenvalue weighted by Gasteiger charge is 2.35. The molecule has 15 heteroatoms. The Morgan fingerprint density at radius 2 is 1.69 bits per heavy atom. The van der Waals surface area contributed by atoms with Crippen molar-refractivity contribution in [1.29, 1.82) is 0 Å². The van der Waals surface area contributed by atoms with Gasteiger partial charge in [-0.05, 0) is 62.4 Å². The van der Waals surface area contributed by atoms with Crippen LogP contribution in [-0.4, -0.2) is 110 Å². The van der Waals surface area contributed by atoms with Crippen molar-refractivity contribution in [3.05, 3.63) is 54.4 Å². The number of pyridine rings is 2. The first-order valence-corrected chi connectivity index (χ1v) is 18.5. The molecule has 2 unspecified atom stereocenters. The van der Waals surface area contributed by atoms with Crippen molar-refractivity contribution in [3.8, 4) is 11.4 Å². The monoisotopic (exact) mass is 696 g/mol. The molecule has 1 saturated heterocycles. The van der Waals surface area contributed by atoms with Crippen LogP contribution in [0.3, 0.4) is 0 Å². The van der Waals surface area contributed by atoms with E-state index in [0.717, 1.165) is 34.5 Å². The number of anilines is 1. The lowest BCUT2D eigenvalue weighted by Crippen LogP contribution is -2.41. The van der Waals surface area contributed by atoms with Crippen molar-refractivity contribution >= 4 is 44.9 Å². The zero-order valence-electron chi connectivity index (χ0n) is 27.9. The molecule has 2 N–H and O–H groups in total. The Balaban J connectivity index is 1.19. The normalized spacial score (nSPS) is 16.7. The third-order valence-corrected chi connectivity index (χ3v) is 9.27. The summed E-state index contributed by atoms with van der Waals surface area (Å²) in [6, 6.07) is 7.08. The molecule has 0 saturated carbocycles. The lowest BCUT2D eigenvalue weighted by atomic mass is 9.97. The highest BCUT2D eigenvalue weighted by molar-refractivity contribution is 7.90. The number of amides is 4. The summed E-state index contributed by atoms with van der Waals surface area (Å²) in [5.41, 5.74) is 3.27. The predicted molar refractivity (Wildman–Crippen MR) is 182 cm³/mol. The smallest absolute Gasteiger partial charge is 0.253 e. The Morgan fingerprint density at radius 1 is 0.980 bits per heavy atom. The number of ether oxygens (including phenoxy) is 1. The lowest BCUT2D eigenvalue weighted by molar-refractivity contribution is -0.137. The lowest BCUT2D eigenvalue weighted by Gasteiger charge is -2.27. The van der Waals surface area contributed by atoms with Gasteiger partial charge in [0.25, 0.3) is 11.8 Å². The van der Waals surface area contributed by atoms with E-state index < -0.39 is 33.5 Å². The first-order chi connectivity index (χ1) is 23.4. The van der Waals surface area contributed by atoms with E-state index in [1.807, 2.05) is 36.1 Å². The Kier molecular flexibility index (Phi) is 13.5. The molecule has 2 atom stereocenters. The van der Waals surface area contributed by atoms with Crippen LogP contribution < -0.4 is 15.5 Å². The van der Waals surface area contributed by atoms with E-state index in [1.165, 1.54) is 12.2 Å². The van der Waals surface area contributed by atoms with Gasteiger partial charge in [-0.1, -0.05) is 0 Å². The van der Waals surface area contributed by atoms with Crippen molar-refractivity contribution in [2.45, 2.75) is 51.5 Å². The number of hydrogen-bond acceptors (Lipinski definition) is 11. The van der Waals surface area contributed by atoms with Crippen LogP contribution in [0.5, 0.6) is 0 Å². The number of sulfone groups is 1. The van der Waals surface area contributed by atoms with Gasteiger partial charge in [-0.15, -0.1) is 0 Å². The fourth-order valence-corrected chi connectivity index (χ4v) is 6.82. The molecule has 4 heterocycles. The van der Waals surface area contributed by atoms with Gasteiger partial charge in [0.05, 0.1) is 48.9 Å². The summed E-state index contributed by atoms with van der Waals surface area (Å²) in [4.78, 5) is 73.8. The first kappa shape index (κ1) is 37.3. The molecule has 2 aromatic heterocycles. The van der Waals surface area contributed by atoms with Gasteiger partial charge in [0.15, 0.2) is 5.78 Å². The summed E-state index contributed by atoms with van der Waals surface area (Å²) in [7, 11) is -3.55. The summed E-state index contributed by atoms with van der Waals surface area (Å²) in [5, 5.41) is 5.47. The minimum atomic E-state index is -3.55. The largest absolute Gasteiger partial charge is 0.378 e. The van der Waals surface area contributed by atoms with Gasteiger partial charge in [0.1, 0.15) is 9.84 Å². The third kappa shape index (κ3) is 11.6. The number of nitrogens with one attached hydrogen (secondary N) is 2. The highest BCUT2D eigenvalue weighted by Crippen LogP contribution is 2.30. The van der Waals surface area contributed by atoms with Crippen LogP contribution in [0, 0.1) is 12.8 Å². The van der Waals surface area contributed by atoms with Crippen LogP contribution in [-0.2, 0) is 38.5 Å². The number of nitrogens with zero attached hydrogens (tertiary/aromatic N) is 4. The number of unbranched alkanes of at least 4 members (excludes halogenated alkanes) is 1. The number of imide groups is 1. The van der Waals surface area contributed by atoms with Crippen LogP contribution in [0.4, 0.5) is 5.69 Å². The van der Waals surface area contributed by atoms with E-state index in [1.54, 1.807) is 12.4 Å². The minimum absolute atomic E-state index is 0.141. The topological polar surface area (TPSA) is 185 Å². The zero-order valence-corrected chi connectivity index (χ0v) is 28.7. The maximum absolute atomic E-state index is 13.6. The number of rotatable bonds is 19. The number of Topliss-reactive ketones (excluding diaryl/α,β-unsaturated/α-hetero) is 1. The number of hydrogen-bond donors (Lipinski definition) is 2. The van der Waals surface area contributed by atoms with Gasteiger partial charge < -0.3 is 20.3 Å². The van der Waals surface area contributed by atoms with Gasteiger partial charge in [0.2, 0.25) is 11.8 Å². The summed E-state index contributed by atoms with van der Waals surface area (Å²) in [6.45, 7) is 3.64. The van der Waals surface area contributed by atoms with Gasteiger partial charge in [-0.3, -0.25) is 38.8 Å². The molecule has 49 heavy (non-hydrogen) atoms. The van der Waals surface area contributed by atoms with Crippen LogP contribution in [0.2, 0.25) is 0 Å². The average molecular weight is 697 g/mol. The molecule has 2 aromatic rings. The number of carbonyl (C=O) groups excluding carboxylic acids is 5. The zero-order chi connectivity index (χ0) is 35.4. The Labute approximate surface area is 286 Å². The van der Waals surface area contributed by atoms with Gasteiger partial charge >= 0.3 is 0 Å². The molecule has 14 nitrogen and oxygen atoms in total. The van der Waals surface area contributed by atoms with E-state index in [9.17, 15) is 32.4 Å². The van der Waals surface area contributed by atoms with Gasteiger partial charge in [-0.2, -0.15) is 0 Å². The highest BCUT2D eigenvalue weighted by atomic mass is 32.2. The minimum Gasteiger partial charge on any atom is -0.378 e. The summed E-state index contributed by atoms with van der Waals surface area (Å²) in [6.07, 6.45) is 9.22. The average Bonchev–Trinajstić information content (AvgIpc) is 3.68. The molecule has 1 fully saturated rings. The number of carbonyl (C=O) groups is 5. The van der Waals surface area contributed by atoms with E-state index in [4.69, 9.17) is 4.74 Å². The SMILES string of the molecule is Cc1ccnc(-c2cc(N3CCCC3C(=O)CC(CS(C)(=O)=O)C(=O)NCCCCC(=O)NCCOCCN3C(=O)C=CC3=O)ccn2)c1. The van der Waals surface area contributed by atoms with Crippen molar-refractivity contribution in [3.63, 3.8) is 0 Å². The molecule has 0 spiro atoms. The van der Waals surface area contributed by atoms with Crippen molar-refractivity contribution in [1.82, 2.24) is 25.5 Å². The maximum atomic E-state index is 13.6. The molecule has 0 aliphatic carbocycles. The second-order valence-corrected chi connectivity index (χ2v) is 14.5. The quantitative estimate of drug-likeness (QED) is 0.160. The fourth-order valence-electron chi connectivity index (χ4n) is 5.82. The summed E-state index contributed by atoms with van der Waals surface area (Å²) in [5.74, 6) is -3.11. The van der Waals surface area contributed by atoms with Crippen molar-refractivity contribution in [2.75, 3.05) is 56.3 Å². The molecular formula is C34H44N6O8S. The third-order valence-electron chi connectivity index (χ3n) is 8.26. The maximum Gasteiger partial charge on any atom is 0.253 e. The van der Waals surface area contributed by atoms with Crippen LogP contribution >= 0.6 is 0 Å². The first-order valence-electron chi connectivity index (χ1n) is 16.4. The van der Waals surface area contributed by atoms with Gasteiger partial charge in [0, 0.05) is 69.0 Å². The number of ketones is 1. The second-order valence-electron chi connectivity index (χ2n) is 12.3. The van der Waals surface area contributed by atoms with Gasteiger partial charge in [-0.25, -0.2) is 8.42 Å². The summed E-state index contributed by atoms with van der Waals surface area (Å²) >= 11 is 0. The molecule has 0 radical (unpaired) electrons. The standard InChI is InChI=1S/C34H44N6O8S/c1-24-10-13-35-27(20-24)28-22-26(11-14-36-28)39-16-5-6-29(39)30(41)21-25(23-49(2,46)47)34(45)38-12-4-3-7-31(42)37-15-18-48-19-17-40-32(43)8-9-33(40)44/h8-11,13-14,20,22,25,29H,3-7,12,15-19,21,23H2,1-2H3,(H,37,42)(H,38,45). The van der Waals surface area contributed by atoms with Crippen LogP contribution in [0.15, 0.2) is 48.8 Å². The molecule has 264 valence electrons. The molecule has 0 aromatic carbocycles. The van der Waals surface area contributed by atoms with Crippen molar-refractivity contribution < 1.29 is 37.1 Å². The summed E-state index contributed by atoms with van der Waals surface area (Å²) < 4.78 is 29.8. The fraction of sp³-hybridized carbons (Fsp3) is 0.500. The number of aryl methyl sites for hydroxylation is 1. The van der Waals surface area contributed by atoms with Crippen molar-refractivity contribution in [2.24, 2.45) is 5.92 Å². The number of aromatic nitrogens is 2. The molecule has 4 amide bonds. The van der Waals surface area contributed by atoms with Crippen LogP contribution in [0.25, 0.3) is 11.4 Å². The molecule has 2 aliphatic heterocycles. The molecule has 0 bridgehead atoms. The van der Waals surface area contributed by atoms with Crippen LogP contribution in [0.1, 0.15) is 44.1 Å². The second kappa shape index (κ2) is 17.8. The van der Waals surface area contributed by atoms with E-state index >= 15 is 0 Å².